The summed E-state index contributed by atoms with van der Waals surface area (Å²) < 4.78 is 10.6. The van der Waals surface area contributed by atoms with Gasteiger partial charge in [0, 0.05) is 10.9 Å². The first kappa shape index (κ1) is 16.0. The number of hydrogen-bond acceptors (Lipinski definition) is 5. The molecule has 2 aromatic rings. The zero-order valence-electron chi connectivity index (χ0n) is 13.0. The molecule has 6 heteroatoms. The third-order valence-electron chi connectivity index (χ3n) is 4.36. The number of carbonyl (C=O) groups is 1. The summed E-state index contributed by atoms with van der Waals surface area (Å²) in [6, 6.07) is 7.60. The second kappa shape index (κ2) is 7.13. The molecule has 1 saturated carbocycles. The molecule has 0 unspecified atom stereocenters. The van der Waals surface area contributed by atoms with Crippen LogP contribution in [0.3, 0.4) is 0 Å². The third kappa shape index (κ3) is 3.91. The molecule has 23 heavy (non-hydrogen) atoms. The number of esters is 1. The minimum Gasteiger partial charge on any atom is -0.469 e. The molecule has 1 fully saturated rings. The van der Waals surface area contributed by atoms with Crippen LogP contribution in [0.5, 0.6) is 0 Å². The van der Waals surface area contributed by atoms with Gasteiger partial charge in [0.25, 0.3) is 0 Å². The van der Waals surface area contributed by atoms with Crippen LogP contribution in [0.2, 0.25) is 5.02 Å². The molecule has 1 aliphatic carbocycles. The molecule has 0 aliphatic heterocycles. The van der Waals surface area contributed by atoms with Crippen molar-refractivity contribution >= 4 is 17.6 Å². The predicted octanol–water partition coefficient (Wildman–Crippen LogP) is 3.76. The van der Waals surface area contributed by atoms with E-state index in [4.69, 9.17) is 20.8 Å². The summed E-state index contributed by atoms with van der Waals surface area (Å²) in [7, 11) is 1.44. The van der Waals surface area contributed by atoms with E-state index in [1.807, 2.05) is 24.3 Å². The van der Waals surface area contributed by atoms with Crippen molar-refractivity contribution in [2.45, 2.75) is 38.0 Å². The van der Waals surface area contributed by atoms with E-state index in [9.17, 15) is 4.79 Å². The number of ether oxygens (including phenoxy) is 1. The number of nitrogens with zero attached hydrogens (tertiary/aromatic N) is 2. The number of rotatable bonds is 4. The topological polar surface area (TPSA) is 65.2 Å². The van der Waals surface area contributed by atoms with Crippen molar-refractivity contribution in [2.24, 2.45) is 5.92 Å². The van der Waals surface area contributed by atoms with Crippen LogP contribution in [0.25, 0.3) is 0 Å². The lowest BCUT2D eigenvalue weighted by Gasteiger charge is -2.24. The average Bonchev–Trinajstić information content (AvgIpc) is 3.05. The van der Waals surface area contributed by atoms with Crippen LogP contribution >= 0.6 is 11.6 Å². The molecule has 3 rings (SSSR count). The molecule has 0 saturated heterocycles. The molecule has 1 aromatic heterocycles. The Hall–Kier alpha value is -1.88. The SMILES string of the molecule is COC(=O)[C@H]1CC[C@H](c2nnc(Cc3ccc(Cl)cc3)o2)CC1. The molecule has 1 heterocycles. The summed E-state index contributed by atoms with van der Waals surface area (Å²) in [5.74, 6) is 1.42. The summed E-state index contributed by atoms with van der Waals surface area (Å²) in [6.45, 7) is 0. The van der Waals surface area contributed by atoms with Crippen molar-refractivity contribution in [1.29, 1.82) is 0 Å². The van der Waals surface area contributed by atoms with Crippen LogP contribution in [0.4, 0.5) is 0 Å². The molecule has 0 bridgehead atoms. The number of aromatic nitrogens is 2. The lowest BCUT2D eigenvalue weighted by atomic mass is 9.82. The monoisotopic (exact) mass is 334 g/mol. The number of methoxy groups -OCH3 is 1. The van der Waals surface area contributed by atoms with Crippen molar-refractivity contribution in [3.8, 4) is 0 Å². The highest BCUT2D eigenvalue weighted by molar-refractivity contribution is 6.30. The van der Waals surface area contributed by atoms with Gasteiger partial charge in [-0.3, -0.25) is 4.79 Å². The number of benzene rings is 1. The van der Waals surface area contributed by atoms with E-state index < -0.39 is 0 Å². The average molecular weight is 335 g/mol. The van der Waals surface area contributed by atoms with Gasteiger partial charge in [0.2, 0.25) is 11.8 Å². The fourth-order valence-corrected chi connectivity index (χ4v) is 3.15. The molecule has 122 valence electrons. The van der Waals surface area contributed by atoms with E-state index >= 15 is 0 Å². The Morgan fingerprint density at radius 3 is 2.57 bits per heavy atom. The van der Waals surface area contributed by atoms with E-state index in [1.54, 1.807) is 0 Å². The van der Waals surface area contributed by atoms with E-state index in [0.717, 1.165) is 31.2 Å². The first-order valence-corrected chi connectivity index (χ1v) is 8.18. The van der Waals surface area contributed by atoms with Gasteiger partial charge in [0.05, 0.1) is 19.4 Å². The van der Waals surface area contributed by atoms with Gasteiger partial charge in [-0.15, -0.1) is 10.2 Å². The molecular weight excluding hydrogens is 316 g/mol. The summed E-state index contributed by atoms with van der Waals surface area (Å²) in [6.07, 6.45) is 3.98. The standard InChI is InChI=1S/C17H19ClN2O3/c1-22-17(21)13-6-4-12(5-7-13)16-20-19-15(23-16)10-11-2-8-14(18)9-3-11/h2-3,8-9,12-13H,4-7,10H2,1H3/t12-,13-. The van der Waals surface area contributed by atoms with Gasteiger partial charge in [-0.25, -0.2) is 0 Å². The van der Waals surface area contributed by atoms with Crippen molar-refractivity contribution in [3.63, 3.8) is 0 Å². The predicted molar refractivity (Wildman–Crippen MR) is 85.3 cm³/mol. The fourth-order valence-electron chi connectivity index (χ4n) is 3.02. The van der Waals surface area contributed by atoms with Crippen molar-refractivity contribution < 1.29 is 13.9 Å². The number of halogens is 1. The Labute approximate surface area is 140 Å². The van der Waals surface area contributed by atoms with Gasteiger partial charge >= 0.3 is 5.97 Å². The Bertz CT molecular complexity index is 661. The summed E-state index contributed by atoms with van der Waals surface area (Å²) in [4.78, 5) is 11.6. The van der Waals surface area contributed by atoms with Crippen LogP contribution in [-0.4, -0.2) is 23.3 Å². The van der Waals surface area contributed by atoms with Gasteiger partial charge in [0.15, 0.2) is 0 Å². The molecule has 0 radical (unpaired) electrons. The number of hydrogen-bond donors (Lipinski definition) is 0. The highest BCUT2D eigenvalue weighted by Crippen LogP contribution is 2.35. The maximum absolute atomic E-state index is 11.6. The van der Waals surface area contributed by atoms with Gasteiger partial charge < -0.3 is 9.15 Å². The Kier molecular flexibility index (Phi) is 4.96. The van der Waals surface area contributed by atoms with Crippen LogP contribution in [0.15, 0.2) is 28.7 Å². The maximum Gasteiger partial charge on any atom is 0.308 e. The van der Waals surface area contributed by atoms with E-state index in [-0.39, 0.29) is 17.8 Å². The van der Waals surface area contributed by atoms with Gasteiger partial charge in [-0.05, 0) is 43.4 Å². The minimum atomic E-state index is -0.114. The summed E-state index contributed by atoms with van der Waals surface area (Å²) >= 11 is 5.88. The maximum atomic E-state index is 11.6. The van der Waals surface area contributed by atoms with Crippen LogP contribution in [-0.2, 0) is 16.0 Å². The van der Waals surface area contributed by atoms with Crippen LogP contribution < -0.4 is 0 Å². The molecule has 1 aromatic carbocycles. The summed E-state index contributed by atoms with van der Waals surface area (Å²) in [5, 5.41) is 9.03. The van der Waals surface area contributed by atoms with E-state index in [2.05, 4.69) is 10.2 Å². The Morgan fingerprint density at radius 2 is 1.91 bits per heavy atom. The van der Waals surface area contributed by atoms with Crippen LogP contribution in [0.1, 0.15) is 48.9 Å². The molecular formula is C17H19ClN2O3. The van der Waals surface area contributed by atoms with E-state index in [0.29, 0.717) is 23.2 Å². The van der Waals surface area contributed by atoms with Gasteiger partial charge in [-0.1, -0.05) is 23.7 Å². The molecule has 1 aliphatic rings. The first-order chi connectivity index (χ1) is 11.2. The Morgan fingerprint density at radius 1 is 1.22 bits per heavy atom. The van der Waals surface area contributed by atoms with Crippen LogP contribution in [0, 0.1) is 5.92 Å². The first-order valence-electron chi connectivity index (χ1n) is 7.80. The van der Waals surface area contributed by atoms with Crippen molar-refractivity contribution in [2.75, 3.05) is 7.11 Å². The highest BCUT2D eigenvalue weighted by Gasteiger charge is 2.30. The smallest absolute Gasteiger partial charge is 0.308 e. The summed E-state index contributed by atoms with van der Waals surface area (Å²) in [5.41, 5.74) is 1.08. The van der Waals surface area contributed by atoms with Gasteiger partial charge in [-0.2, -0.15) is 0 Å². The third-order valence-corrected chi connectivity index (χ3v) is 4.61. The molecule has 0 atom stereocenters. The van der Waals surface area contributed by atoms with Gasteiger partial charge in [0.1, 0.15) is 0 Å². The normalized spacial score (nSPS) is 21.1. The molecule has 5 nitrogen and oxygen atoms in total. The quantitative estimate of drug-likeness (QED) is 0.796. The second-order valence-corrected chi connectivity index (χ2v) is 6.35. The molecule has 0 amide bonds. The second-order valence-electron chi connectivity index (χ2n) is 5.91. The Balaban J connectivity index is 1.59. The lowest BCUT2D eigenvalue weighted by Crippen LogP contribution is -2.22. The van der Waals surface area contributed by atoms with Crippen molar-refractivity contribution in [1.82, 2.24) is 10.2 Å². The van der Waals surface area contributed by atoms with Crippen molar-refractivity contribution in [3.05, 3.63) is 46.6 Å². The molecule has 0 spiro atoms. The number of carbonyl (C=O) groups excluding carboxylic acids is 1. The highest BCUT2D eigenvalue weighted by atomic mass is 35.5. The fraction of sp³-hybridized carbons (Fsp3) is 0.471. The zero-order chi connectivity index (χ0) is 16.2. The van der Waals surface area contributed by atoms with E-state index in [1.165, 1.54) is 7.11 Å². The minimum absolute atomic E-state index is 0.00714. The lowest BCUT2D eigenvalue weighted by molar-refractivity contribution is -0.146. The molecule has 0 N–H and O–H groups in total. The largest absolute Gasteiger partial charge is 0.469 e. The zero-order valence-corrected chi connectivity index (χ0v) is 13.8.